The zero-order valence-electron chi connectivity index (χ0n) is 22.3. The summed E-state index contributed by atoms with van der Waals surface area (Å²) in [5, 5.41) is 21.5. The first-order valence-corrected chi connectivity index (χ1v) is 12.8. The molecule has 0 saturated carbocycles. The Labute approximate surface area is 233 Å². The van der Waals surface area contributed by atoms with Crippen LogP contribution in [0.1, 0.15) is 30.9 Å². The molecule has 39 heavy (non-hydrogen) atoms. The van der Waals surface area contributed by atoms with Crippen LogP contribution in [0.3, 0.4) is 0 Å². The third-order valence-corrected chi connectivity index (χ3v) is 6.09. The van der Waals surface area contributed by atoms with E-state index in [2.05, 4.69) is 5.32 Å². The summed E-state index contributed by atoms with van der Waals surface area (Å²) in [6.45, 7) is 4.96. The molecule has 11 heteroatoms. The third-order valence-electron chi connectivity index (χ3n) is 5.74. The molecule has 10 nitrogen and oxygen atoms in total. The second-order valence-electron chi connectivity index (χ2n) is 8.43. The normalized spacial score (nSPS) is 14.8. The number of methoxy groups -OCH3 is 1. The number of benzene rings is 2. The molecule has 0 bridgehead atoms. The van der Waals surface area contributed by atoms with E-state index in [1.54, 1.807) is 44.2 Å². The zero-order chi connectivity index (χ0) is 28.9. The summed E-state index contributed by atoms with van der Waals surface area (Å²) in [7, 11) is 1.29. The molecule has 3 rings (SSSR count). The van der Waals surface area contributed by atoms with Crippen molar-refractivity contribution in [2.75, 3.05) is 40.0 Å². The van der Waals surface area contributed by atoms with Crippen molar-refractivity contribution in [1.82, 2.24) is 5.32 Å². The lowest BCUT2D eigenvalue weighted by Crippen LogP contribution is -2.35. The summed E-state index contributed by atoms with van der Waals surface area (Å²) in [5.41, 5.74) is 13.9. The van der Waals surface area contributed by atoms with E-state index in [1.807, 2.05) is 0 Å². The van der Waals surface area contributed by atoms with Gasteiger partial charge in [-0.15, -0.1) is 0 Å². The fraction of sp³-hybridized carbons (Fsp3) is 0.357. The largest absolute Gasteiger partial charge is 0.504 e. The number of aromatic hydroxyl groups is 2. The van der Waals surface area contributed by atoms with Crippen molar-refractivity contribution >= 4 is 23.5 Å². The second kappa shape index (κ2) is 15.7. The van der Waals surface area contributed by atoms with Crippen LogP contribution in [-0.2, 0) is 30.2 Å². The Morgan fingerprint density at radius 1 is 1.03 bits per heavy atom. The summed E-state index contributed by atoms with van der Waals surface area (Å²) in [6.07, 6.45) is 0.716. The number of rotatable bonds is 10. The number of carbonyl (C=O) groups excluding carboxylic acids is 2. The lowest BCUT2D eigenvalue weighted by molar-refractivity contribution is -0.139. The van der Waals surface area contributed by atoms with Crippen LogP contribution in [0.15, 0.2) is 65.0 Å². The molecule has 1 unspecified atom stereocenters. The zero-order valence-corrected chi connectivity index (χ0v) is 23.1. The average molecular weight is 562 g/mol. The summed E-state index contributed by atoms with van der Waals surface area (Å²) < 4.78 is 15.8. The number of phenolic OH excluding ortho intramolecular Hbond substituents is 2. The van der Waals surface area contributed by atoms with Gasteiger partial charge in [0.05, 0.1) is 49.7 Å². The number of dihydropyridines is 1. The Balaban J connectivity index is 0.000000404. The fourth-order valence-electron chi connectivity index (χ4n) is 4.01. The minimum Gasteiger partial charge on any atom is -0.504 e. The predicted octanol–water partition coefficient (Wildman–Crippen LogP) is 2.87. The third kappa shape index (κ3) is 8.46. The van der Waals surface area contributed by atoms with Crippen LogP contribution in [0.2, 0.25) is 5.02 Å². The van der Waals surface area contributed by atoms with Crippen LogP contribution in [0.5, 0.6) is 11.5 Å². The van der Waals surface area contributed by atoms with Gasteiger partial charge in [0.2, 0.25) is 0 Å². The minimum atomic E-state index is -0.752. The first kappa shape index (κ1) is 31.6. The van der Waals surface area contributed by atoms with Gasteiger partial charge in [0.15, 0.2) is 11.5 Å². The second-order valence-corrected chi connectivity index (χ2v) is 8.83. The highest BCUT2D eigenvalue weighted by molar-refractivity contribution is 6.31. The van der Waals surface area contributed by atoms with Crippen molar-refractivity contribution in [2.45, 2.75) is 26.2 Å². The van der Waals surface area contributed by atoms with Crippen molar-refractivity contribution in [3.05, 3.63) is 81.2 Å². The molecule has 212 valence electrons. The van der Waals surface area contributed by atoms with E-state index in [9.17, 15) is 9.59 Å². The molecule has 0 amide bonds. The van der Waals surface area contributed by atoms with Crippen LogP contribution < -0.4 is 16.8 Å². The van der Waals surface area contributed by atoms with Gasteiger partial charge in [-0.05, 0) is 56.1 Å². The van der Waals surface area contributed by atoms with Crippen LogP contribution in [-0.4, -0.2) is 62.2 Å². The van der Waals surface area contributed by atoms with E-state index in [-0.39, 0.29) is 30.3 Å². The molecular formula is C28H36ClN3O7. The first-order chi connectivity index (χ1) is 18.7. The number of hydrogen-bond donors (Lipinski definition) is 5. The molecule has 0 radical (unpaired) electrons. The molecule has 0 fully saturated rings. The standard InChI is InChI=1S/C20H25ClN2O5.C8H11NO2/c1-4-28-20(25)18-15(11-27-10-9-22)23-12(2)16(19(24)26-3)17(18)13-7-5-6-8-14(13)21;9-4-3-6-1-2-7(10)8(11)5-6/h5-8,17,23H,4,9-11,22H2,1-3H3;1-2,5,10-11H,3-4,9H2. The van der Waals surface area contributed by atoms with Gasteiger partial charge in [-0.3, -0.25) is 0 Å². The molecule has 1 aliphatic rings. The molecule has 2 aromatic carbocycles. The summed E-state index contributed by atoms with van der Waals surface area (Å²) in [6, 6.07) is 11.8. The quantitative estimate of drug-likeness (QED) is 0.165. The van der Waals surface area contributed by atoms with E-state index < -0.39 is 17.9 Å². The van der Waals surface area contributed by atoms with E-state index >= 15 is 0 Å². The van der Waals surface area contributed by atoms with Gasteiger partial charge in [-0.1, -0.05) is 35.9 Å². The monoisotopic (exact) mass is 561 g/mol. The lowest BCUT2D eigenvalue weighted by Gasteiger charge is -2.31. The predicted molar refractivity (Wildman–Crippen MR) is 148 cm³/mol. The maximum absolute atomic E-state index is 12.9. The number of allylic oxidation sites excluding steroid dienone is 1. The van der Waals surface area contributed by atoms with Gasteiger partial charge < -0.3 is 41.2 Å². The number of esters is 2. The summed E-state index contributed by atoms with van der Waals surface area (Å²) >= 11 is 6.42. The van der Waals surface area contributed by atoms with Crippen LogP contribution in [0, 0.1) is 0 Å². The number of hydrogen-bond acceptors (Lipinski definition) is 10. The van der Waals surface area contributed by atoms with Crippen molar-refractivity contribution in [1.29, 1.82) is 0 Å². The van der Waals surface area contributed by atoms with Gasteiger partial charge in [-0.2, -0.15) is 0 Å². The van der Waals surface area contributed by atoms with Gasteiger partial charge >= 0.3 is 11.9 Å². The van der Waals surface area contributed by atoms with E-state index in [1.165, 1.54) is 19.2 Å². The molecule has 0 saturated heterocycles. The molecule has 1 heterocycles. The average Bonchev–Trinajstić information content (AvgIpc) is 2.91. The van der Waals surface area contributed by atoms with Gasteiger partial charge in [0.25, 0.3) is 0 Å². The van der Waals surface area contributed by atoms with Crippen molar-refractivity contribution < 1.29 is 34.0 Å². The molecule has 2 aromatic rings. The van der Waals surface area contributed by atoms with E-state index in [4.69, 9.17) is 47.5 Å². The maximum Gasteiger partial charge on any atom is 0.336 e. The van der Waals surface area contributed by atoms with Gasteiger partial charge in [0.1, 0.15) is 0 Å². The molecule has 0 aliphatic carbocycles. The van der Waals surface area contributed by atoms with Crippen LogP contribution >= 0.6 is 11.6 Å². The van der Waals surface area contributed by atoms with E-state index in [0.29, 0.717) is 53.7 Å². The summed E-state index contributed by atoms with van der Waals surface area (Å²) in [4.78, 5) is 25.5. The molecule has 1 aliphatic heterocycles. The van der Waals surface area contributed by atoms with Crippen LogP contribution in [0.25, 0.3) is 0 Å². The van der Waals surface area contributed by atoms with Gasteiger partial charge in [0, 0.05) is 17.3 Å². The van der Waals surface area contributed by atoms with Crippen molar-refractivity contribution in [3.8, 4) is 11.5 Å². The number of ether oxygens (including phenoxy) is 3. The van der Waals surface area contributed by atoms with Crippen molar-refractivity contribution in [3.63, 3.8) is 0 Å². The Bertz CT molecular complexity index is 1210. The highest BCUT2D eigenvalue weighted by atomic mass is 35.5. The lowest BCUT2D eigenvalue weighted by atomic mass is 9.80. The highest BCUT2D eigenvalue weighted by Crippen LogP contribution is 2.41. The maximum atomic E-state index is 12.9. The molecule has 0 aromatic heterocycles. The van der Waals surface area contributed by atoms with Gasteiger partial charge in [-0.25, -0.2) is 9.59 Å². The molecular weight excluding hydrogens is 526 g/mol. The number of carbonyl (C=O) groups is 2. The Hall–Kier alpha value is -3.57. The van der Waals surface area contributed by atoms with E-state index in [0.717, 1.165) is 5.56 Å². The topological polar surface area (TPSA) is 166 Å². The fourth-order valence-corrected chi connectivity index (χ4v) is 4.25. The Morgan fingerprint density at radius 3 is 2.33 bits per heavy atom. The number of nitrogens with two attached hydrogens (primary N) is 2. The summed E-state index contributed by atoms with van der Waals surface area (Å²) in [5.74, 6) is -2.04. The Morgan fingerprint density at radius 2 is 1.74 bits per heavy atom. The highest BCUT2D eigenvalue weighted by Gasteiger charge is 2.39. The SMILES string of the molecule is CCOC(=O)C1=C(COCCN)NC(C)=C(C(=O)OC)C1c1ccccc1Cl.NCCc1ccc(O)c(O)c1. The Kier molecular flexibility index (Phi) is 12.8. The minimum absolute atomic E-state index is 0.0871. The first-order valence-electron chi connectivity index (χ1n) is 12.4. The number of nitrogens with one attached hydrogen (secondary N) is 1. The van der Waals surface area contributed by atoms with Crippen molar-refractivity contribution in [2.24, 2.45) is 11.5 Å². The number of halogens is 1. The smallest absolute Gasteiger partial charge is 0.336 e. The molecule has 1 atom stereocenters. The molecule has 0 spiro atoms. The van der Waals surface area contributed by atoms with Crippen LogP contribution in [0.4, 0.5) is 0 Å². The molecule has 7 N–H and O–H groups in total. The number of phenols is 2.